The lowest BCUT2D eigenvalue weighted by Gasteiger charge is -2.50. The Hall–Kier alpha value is -1.84. The quantitative estimate of drug-likeness (QED) is 0.782. The average molecular weight is 259 g/mol. The molecular weight excluding hydrogens is 242 g/mol. The number of hydrogen-bond donors (Lipinski definition) is 0. The molecule has 3 fully saturated rings. The van der Waals surface area contributed by atoms with Crippen LogP contribution in [0.3, 0.4) is 0 Å². The normalized spacial score (nSPS) is 28.4. The third-order valence-electron chi connectivity index (χ3n) is 4.15. The van der Waals surface area contributed by atoms with Gasteiger partial charge in [-0.15, -0.1) is 0 Å². The van der Waals surface area contributed by atoms with Crippen molar-refractivity contribution in [2.24, 2.45) is 11.8 Å². The number of aldehydes is 1. The first-order valence-corrected chi connectivity index (χ1v) is 6.70. The van der Waals surface area contributed by atoms with Gasteiger partial charge in [-0.3, -0.25) is 4.90 Å². The minimum absolute atomic E-state index is 0.261. The van der Waals surface area contributed by atoms with E-state index in [2.05, 4.69) is 0 Å². The van der Waals surface area contributed by atoms with Gasteiger partial charge in [-0.2, -0.15) is 0 Å². The van der Waals surface area contributed by atoms with Crippen LogP contribution < -0.4 is 0 Å². The molecule has 1 atom stereocenters. The van der Waals surface area contributed by atoms with Gasteiger partial charge in [0.25, 0.3) is 0 Å². The van der Waals surface area contributed by atoms with Gasteiger partial charge in [0, 0.05) is 6.54 Å². The number of benzene rings is 1. The third-order valence-corrected chi connectivity index (χ3v) is 4.15. The second-order valence-corrected chi connectivity index (χ2v) is 5.42. The number of amides is 1. The molecule has 2 heterocycles. The number of piperidine rings is 2. The van der Waals surface area contributed by atoms with Crippen LogP contribution in [-0.4, -0.2) is 29.9 Å². The Kier molecular flexibility index (Phi) is 3.23. The Balaban J connectivity index is 1.59. The average Bonchev–Trinajstić information content (AvgIpc) is 2.44. The maximum atomic E-state index is 12.1. The number of ether oxygens (including phenoxy) is 1. The lowest BCUT2D eigenvalue weighted by molar-refractivity contribution is -0.120. The molecule has 2 saturated heterocycles. The highest BCUT2D eigenvalue weighted by Gasteiger charge is 2.46. The van der Waals surface area contributed by atoms with Gasteiger partial charge in [0.2, 0.25) is 0 Å². The maximum absolute atomic E-state index is 12.1. The molecule has 2 aliphatic heterocycles. The monoisotopic (exact) mass is 259 g/mol. The van der Waals surface area contributed by atoms with E-state index < -0.39 is 0 Å². The Bertz CT molecular complexity index is 468. The standard InChI is InChI=1S/C15H17NO3/c17-9-14-13-6-12(7-13)8-16(14)15(18)19-10-11-4-2-1-3-5-11/h1-5,9,12-14H,6-8,10H2. The minimum atomic E-state index is -0.365. The molecule has 1 aromatic carbocycles. The van der Waals surface area contributed by atoms with Crippen LogP contribution >= 0.6 is 0 Å². The molecule has 4 heteroatoms. The fourth-order valence-corrected chi connectivity index (χ4v) is 3.05. The van der Waals surface area contributed by atoms with E-state index in [-0.39, 0.29) is 18.7 Å². The summed E-state index contributed by atoms with van der Waals surface area (Å²) in [6.45, 7) is 0.921. The molecule has 1 saturated carbocycles. The molecule has 100 valence electrons. The van der Waals surface area contributed by atoms with E-state index in [0.717, 1.165) is 24.7 Å². The summed E-state index contributed by atoms with van der Waals surface area (Å²) in [5.41, 5.74) is 0.959. The van der Waals surface area contributed by atoms with E-state index in [1.165, 1.54) is 0 Å². The first-order chi connectivity index (χ1) is 9.28. The van der Waals surface area contributed by atoms with Gasteiger partial charge < -0.3 is 9.53 Å². The Morgan fingerprint density at radius 3 is 2.74 bits per heavy atom. The molecule has 0 N–H and O–H groups in total. The van der Waals surface area contributed by atoms with Crippen molar-refractivity contribution in [3.05, 3.63) is 35.9 Å². The molecule has 1 amide bonds. The molecule has 0 radical (unpaired) electrons. The molecule has 1 unspecified atom stereocenters. The molecule has 2 bridgehead atoms. The number of fused-ring (bicyclic) bond motifs is 2. The zero-order chi connectivity index (χ0) is 13.2. The predicted octanol–water partition coefficient (Wildman–Crippen LogP) is 2.23. The van der Waals surface area contributed by atoms with Crippen molar-refractivity contribution in [3.63, 3.8) is 0 Å². The molecule has 19 heavy (non-hydrogen) atoms. The summed E-state index contributed by atoms with van der Waals surface area (Å²) in [7, 11) is 0. The van der Waals surface area contributed by atoms with Gasteiger partial charge in [-0.1, -0.05) is 30.3 Å². The van der Waals surface area contributed by atoms with Gasteiger partial charge in [0.1, 0.15) is 12.9 Å². The van der Waals surface area contributed by atoms with Crippen molar-refractivity contribution < 1.29 is 14.3 Å². The molecule has 0 spiro atoms. The Morgan fingerprint density at radius 2 is 2.05 bits per heavy atom. The van der Waals surface area contributed by atoms with E-state index in [0.29, 0.717) is 18.4 Å². The van der Waals surface area contributed by atoms with Crippen molar-refractivity contribution in [2.45, 2.75) is 25.5 Å². The fourth-order valence-electron chi connectivity index (χ4n) is 3.05. The predicted molar refractivity (Wildman–Crippen MR) is 69.4 cm³/mol. The fraction of sp³-hybridized carbons (Fsp3) is 0.467. The Labute approximate surface area is 112 Å². The number of rotatable bonds is 3. The van der Waals surface area contributed by atoms with E-state index in [1.54, 1.807) is 4.90 Å². The van der Waals surface area contributed by atoms with Crippen molar-refractivity contribution in [1.82, 2.24) is 4.90 Å². The zero-order valence-corrected chi connectivity index (χ0v) is 10.7. The van der Waals surface area contributed by atoms with Gasteiger partial charge >= 0.3 is 6.09 Å². The van der Waals surface area contributed by atoms with Crippen molar-refractivity contribution in [1.29, 1.82) is 0 Å². The minimum Gasteiger partial charge on any atom is -0.445 e. The first kappa shape index (κ1) is 12.2. The molecule has 0 aromatic heterocycles. The second-order valence-electron chi connectivity index (χ2n) is 5.42. The highest BCUT2D eigenvalue weighted by atomic mass is 16.6. The number of nitrogens with zero attached hydrogens (tertiary/aromatic N) is 1. The highest BCUT2D eigenvalue weighted by Crippen LogP contribution is 2.43. The summed E-state index contributed by atoms with van der Waals surface area (Å²) in [5.74, 6) is 0.908. The summed E-state index contributed by atoms with van der Waals surface area (Å²) in [6, 6.07) is 9.29. The number of hydrogen-bond acceptors (Lipinski definition) is 3. The summed E-state index contributed by atoms with van der Waals surface area (Å²) in [5, 5.41) is 0. The maximum Gasteiger partial charge on any atom is 0.410 e. The topological polar surface area (TPSA) is 46.6 Å². The zero-order valence-electron chi connectivity index (χ0n) is 10.7. The van der Waals surface area contributed by atoms with Crippen LogP contribution in [0.2, 0.25) is 0 Å². The lowest BCUT2D eigenvalue weighted by Crippen LogP contribution is -2.58. The van der Waals surface area contributed by atoms with Crippen LogP contribution in [0.25, 0.3) is 0 Å². The van der Waals surface area contributed by atoms with Gasteiger partial charge in [-0.25, -0.2) is 4.79 Å². The van der Waals surface area contributed by atoms with Gasteiger partial charge in [-0.05, 0) is 30.2 Å². The Morgan fingerprint density at radius 1 is 1.32 bits per heavy atom. The largest absolute Gasteiger partial charge is 0.445 e. The summed E-state index contributed by atoms with van der Waals surface area (Å²) >= 11 is 0. The first-order valence-electron chi connectivity index (χ1n) is 6.70. The van der Waals surface area contributed by atoms with Crippen LogP contribution in [-0.2, 0) is 16.1 Å². The SMILES string of the molecule is O=CC1C2CC(C2)CN1C(=O)OCc1ccccc1. The summed E-state index contributed by atoms with van der Waals surface area (Å²) in [4.78, 5) is 24.8. The molecular formula is C15H17NO3. The lowest BCUT2D eigenvalue weighted by atomic mass is 9.67. The number of carbonyl (C=O) groups excluding carboxylic acids is 2. The van der Waals surface area contributed by atoms with E-state index in [4.69, 9.17) is 4.74 Å². The van der Waals surface area contributed by atoms with Crippen LogP contribution in [0.1, 0.15) is 18.4 Å². The summed E-state index contributed by atoms with van der Waals surface area (Å²) < 4.78 is 5.30. The molecule has 4 nitrogen and oxygen atoms in total. The number of carbonyl (C=O) groups is 2. The highest BCUT2D eigenvalue weighted by molar-refractivity contribution is 5.74. The second kappa shape index (κ2) is 5.03. The molecule has 1 aromatic rings. The van der Waals surface area contributed by atoms with E-state index in [1.807, 2.05) is 30.3 Å². The van der Waals surface area contributed by atoms with Crippen LogP contribution in [0.5, 0.6) is 0 Å². The third kappa shape index (κ3) is 2.35. The van der Waals surface area contributed by atoms with Crippen molar-refractivity contribution in [2.75, 3.05) is 6.54 Å². The summed E-state index contributed by atoms with van der Waals surface area (Å²) in [6.07, 6.45) is 2.68. The molecule has 3 aliphatic rings. The smallest absolute Gasteiger partial charge is 0.410 e. The van der Waals surface area contributed by atoms with Crippen LogP contribution in [0, 0.1) is 11.8 Å². The molecule has 1 aliphatic carbocycles. The van der Waals surface area contributed by atoms with Crippen molar-refractivity contribution in [3.8, 4) is 0 Å². The van der Waals surface area contributed by atoms with Gasteiger partial charge in [0.05, 0.1) is 6.04 Å². The van der Waals surface area contributed by atoms with Crippen LogP contribution in [0.15, 0.2) is 30.3 Å². The van der Waals surface area contributed by atoms with Gasteiger partial charge in [0.15, 0.2) is 0 Å². The van der Waals surface area contributed by atoms with Crippen molar-refractivity contribution >= 4 is 12.4 Å². The van der Waals surface area contributed by atoms with E-state index >= 15 is 0 Å². The van der Waals surface area contributed by atoms with E-state index in [9.17, 15) is 9.59 Å². The van der Waals surface area contributed by atoms with Crippen LogP contribution in [0.4, 0.5) is 4.79 Å². The molecule has 4 rings (SSSR count).